The van der Waals surface area contributed by atoms with Gasteiger partial charge in [0.1, 0.15) is 0 Å². The molecule has 0 amide bonds. The number of hydrogen-bond donors (Lipinski definition) is 2. The Balaban J connectivity index is 0.00000264. The minimum atomic E-state index is 0. The standard InChI is InChI=1S/C16H30N6.HI/c1-17-16(18-8-3-11-22-12-4-9-20-22)19-10-5-15-6-13-21(2)14-7-15;/h4,9,12,15H,3,5-8,10-11,13-14H2,1-2H3,(H2,17,18,19);1H. The largest absolute Gasteiger partial charge is 0.356 e. The zero-order valence-corrected chi connectivity index (χ0v) is 16.7. The highest BCUT2D eigenvalue weighted by molar-refractivity contribution is 14.0. The predicted octanol–water partition coefficient (Wildman–Crippen LogP) is 1.79. The molecule has 1 saturated heterocycles. The lowest BCUT2D eigenvalue weighted by atomic mass is 9.94. The molecular weight excluding hydrogens is 403 g/mol. The molecule has 0 spiro atoms. The van der Waals surface area contributed by atoms with E-state index < -0.39 is 0 Å². The predicted molar refractivity (Wildman–Crippen MR) is 106 cm³/mol. The fourth-order valence-corrected chi connectivity index (χ4v) is 2.85. The number of halogens is 1. The SMILES string of the molecule is CN=C(NCCCn1cccn1)NCCC1CCN(C)CC1.I. The van der Waals surface area contributed by atoms with E-state index in [1.54, 1.807) is 0 Å². The van der Waals surface area contributed by atoms with Crippen LogP contribution in [-0.2, 0) is 6.54 Å². The monoisotopic (exact) mass is 434 g/mol. The number of rotatable bonds is 7. The van der Waals surface area contributed by atoms with Gasteiger partial charge >= 0.3 is 0 Å². The topological polar surface area (TPSA) is 57.5 Å². The van der Waals surface area contributed by atoms with Crippen molar-refractivity contribution in [2.45, 2.75) is 32.2 Å². The van der Waals surface area contributed by atoms with E-state index in [2.05, 4.69) is 32.7 Å². The van der Waals surface area contributed by atoms with Gasteiger partial charge in [-0.1, -0.05) is 0 Å². The van der Waals surface area contributed by atoms with E-state index >= 15 is 0 Å². The van der Waals surface area contributed by atoms with Crippen molar-refractivity contribution in [3.63, 3.8) is 0 Å². The van der Waals surface area contributed by atoms with Crippen LogP contribution in [0.5, 0.6) is 0 Å². The average molecular weight is 434 g/mol. The summed E-state index contributed by atoms with van der Waals surface area (Å²) in [5.74, 6) is 1.77. The van der Waals surface area contributed by atoms with Crippen molar-refractivity contribution in [2.75, 3.05) is 40.3 Å². The van der Waals surface area contributed by atoms with Gasteiger partial charge in [-0.25, -0.2) is 0 Å². The lowest BCUT2D eigenvalue weighted by Crippen LogP contribution is -2.39. The van der Waals surface area contributed by atoms with Crippen LogP contribution in [0.15, 0.2) is 23.5 Å². The van der Waals surface area contributed by atoms with Crippen LogP contribution in [-0.4, -0.2) is 60.9 Å². The maximum atomic E-state index is 4.28. The van der Waals surface area contributed by atoms with Crippen molar-refractivity contribution in [1.82, 2.24) is 25.3 Å². The van der Waals surface area contributed by atoms with E-state index in [1.165, 1.54) is 32.4 Å². The number of aromatic nitrogens is 2. The molecule has 2 rings (SSSR count). The molecule has 1 aromatic heterocycles. The van der Waals surface area contributed by atoms with Gasteiger partial charge < -0.3 is 15.5 Å². The van der Waals surface area contributed by atoms with E-state index in [0.717, 1.165) is 37.9 Å². The Bertz CT molecular complexity index is 426. The Morgan fingerprint density at radius 3 is 2.65 bits per heavy atom. The van der Waals surface area contributed by atoms with Gasteiger partial charge in [0, 0.05) is 39.1 Å². The molecule has 0 bridgehead atoms. The number of hydrogen-bond acceptors (Lipinski definition) is 3. The molecule has 2 heterocycles. The molecular formula is C16H31IN6. The molecule has 1 fully saturated rings. The van der Waals surface area contributed by atoms with Crippen molar-refractivity contribution >= 4 is 29.9 Å². The minimum Gasteiger partial charge on any atom is -0.356 e. The molecule has 1 aromatic rings. The van der Waals surface area contributed by atoms with E-state index in [0.29, 0.717) is 0 Å². The molecule has 7 heteroatoms. The number of nitrogens with zero attached hydrogens (tertiary/aromatic N) is 4. The van der Waals surface area contributed by atoms with Crippen molar-refractivity contribution in [1.29, 1.82) is 0 Å². The third-order valence-electron chi connectivity index (χ3n) is 4.32. The van der Waals surface area contributed by atoms with Gasteiger partial charge in [0.15, 0.2) is 5.96 Å². The summed E-state index contributed by atoms with van der Waals surface area (Å²) in [7, 11) is 4.04. The van der Waals surface area contributed by atoms with E-state index in [-0.39, 0.29) is 24.0 Å². The first-order valence-corrected chi connectivity index (χ1v) is 8.38. The molecule has 6 nitrogen and oxygen atoms in total. The molecule has 0 aliphatic carbocycles. The molecule has 23 heavy (non-hydrogen) atoms. The molecule has 0 aromatic carbocycles. The van der Waals surface area contributed by atoms with Gasteiger partial charge in [0.2, 0.25) is 0 Å². The summed E-state index contributed by atoms with van der Waals surface area (Å²) in [6, 6.07) is 1.96. The summed E-state index contributed by atoms with van der Waals surface area (Å²) in [5.41, 5.74) is 0. The summed E-state index contributed by atoms with van der Waals surface area (Å²) >= 11 is 0. The zero-order valence-electron chi connectivity index (χ0n) is 14.4. The van der Waals surface area contributed by atoms with Crippen molar-refractivity contribution in [2.24, 2.45) is 10.9 Å². The van der Waals surface area contributed by atoms with Crippen LogP contribution in [0.2, 0.25) is 0 Å². The maximum absolute atomic E-state index is 4.28. The smallest absolute Gasteiger partial charge is 0.190 e. The summed E-state index contributed by atoms with van der Waals surface area (Å²) in [4.78, 5) is 6.70. The third kappa shape index (κ3) is 8.01. The molecule has 1 aliphatic heterocycles. The third-order valence-corrected chi connectivity index (χ3v) is 4.32. The summed E-state index contributed by atoms with van der Waals surface area (Å²) in [6.07, 6.45) is 8.74. The summed E-state index contributed by atoms with van der Waals surface area (Å²) < 4.78 is 1.96. The van der Waals surface area contributed by atoms with E-state index in [9.17, 15) is 0 Å². The number of guanidine groups is 1. The fraction of sp³-hybridized carbons (Fsp3) is 0.750. The van der Waals surface area contributed by atoms with Crippen LogP contribution in [0.4, 0.5) is 0 Å². The van der Waals surface area contributed by atoms with Crippen molar-refractivity contribution < 1.29 is 0 Å². The molecule has 0 unspecified atom stereocenters. The van der Waals surface area contributed by atoms with Crippen LogP contribution in [0.3, 0.4) is 0 Å². The van der Waals surface area contributed by atoms with Gasteiger partial charge in [0.05, 0.1) is 0 Å². The van der Waals surface area contributed by atoms with Crippen molar-refractivity contribution in [3.8, 4) is 0 Å². The fourth-order valence-electron chi connectivity index (χ4n) is 2.85. The van der Waals surface area contributed by atoms with Gasteiger partial charge in [-0.2, -0.15) is 5.10 Å². The Labute approximate surface area is 157 Å². The Morgan fingerprint density at radius 2 is 2.00 bits per heavy atom. The minimum absolute atomic E-state index is 0. The molecule has 2 N–H and O–H groups in total. The second kappa shape index (κ2) is 11.7. The molecule has 132 valence electrons. The first-order valence-electron chi connectivity index (χ1n) is 8.38. The summed E-state index contributed by atoms with van der Waals surface area (Å²) in [5, 5.41) is 11.0. The Hall–Kier alpha value is -0.830. The number of piperidine rings is 1. The first kappa shape index (κ1) is 20.2. The maximum Gasteiger partial charge on any atom is 0.190 e. The van der Waals surface area contributed by atoms with Gasteiger partial charge in [-0.05, 0) is 57.8 Å². The van der Waals surface area contributed by atoms with Crippen molar-refractivity contribution in [3.05, 3.63) is 18.5 Å². The lowest BCUT2D eigenvalue weighted by molar-refractivity contribution is 0.213. The average Bonchev–Trinajstić information content (AvgIpc) is 3.05. The molecule has 0 radical (unpaired) electrons. The second-order valence-electron chi connectivity index (χ2n) is 6.08. The van der Waals surface area contributed by atoms with Crippen LogP contribution >= 0.6 is 24.0 Å². The number of aliphatic imine (C=N–C) groups is 1. The quantitative estimate of drug-likeness (QED) is 0.298. The highest BCUT2D eigenvalue weighted by atomic mass is 127. The Morgan fingerprint density at radius 1 is 1.26 bits per heavy atom. The first-order chi connectivity index (χ1) is 10.8. The van der Waals surface area contributed by atoms with E-state index in [1.807, 2.05) is 30.2 Å². The Kier molecular flexibility index (Phi) is 10.3. The highest BCUT2D eigenvalue weighted by Gasteiger charge is 2.16. The van der Waals surface area contributed by atoms with Gasteiger partial charge in [-0.15, -0.1) is 24.0 Å². The van der Waals surface area contributed by atoms with Crippen LogP contribution in [0, 0.1) is 5.92 Å². The highest BCUT2D eigenvalue weighted by Crippen LogP contribution is 2.18. The van der Waals surface area contributed by atoms with Crippen LogP contribution < -0.4 is 10.6 Å². The zero-order chi connectivity index (χ0) is 15.6. The second-order valence-corrected chi connectivity index (χ2v) is 6.08. The molecule has 0 atom stereocenters. The molecule has 1 aliphatic rings. The van der Waals surface area contributed by atoms with Crippen LogP contribution in [0.1, 0.15) is 25.7 Å². The lowest BCUT2D eigenvalue weighted by Gasteiger charge is -2.29. The van der Waals surface area contributed by atoms with Gasteiger partial charge in [0.25, 0.3) is 0 Å². The van der Waals surface area contributed by atoms with Crippen LogP contribution in [0.25, 0.3) is 0 Å². The number of aryl methyl sites for hydroxylation is 1. The van der Waals surface area contributed by atoms with Gasteiger partial charge in [-0.3, -0.25) is 9.67 Å². The summed E-state index contributed by atoms with van der Waals surface area (Å²) in [6.45, 7) is 5.34. The number of likely N-dealkylation sites (tertiary alicyclic amines) is 1. The van der Waals surface area contributed by atoms with E-state index in [4.69, 9.17) is 0 Å². The number of nitrogens with one attached hydrogen (secondary N) is 2. The molecule has 0 saturated carbocycles. The normalized spacial score (nSPS) is 16.9.